The molecule has 0 unspecified atom stereocenters. The third kappa shape index (κ3) is 5.65. The Kier molecular flexibility index (Phi) is 8.15. The smallest absolute Gasteiger partial charge is 0.135 e. The Balaban J connectivity index is 0.970. The molecule has 2 heterocycles. The normalized spacial score (nSPS) is 14.4. The molecule has 0 aliphatic heterocycles. The molecule has 0 spiro atoms. The van der Waals surface area contributed by atoms with Gasteiger partial charge < -0.3 is 8.98 Å². The van der Waals surface area contributed by atoms with Crippen molar-refractivity contribution in [3.05, 3.63) is 210 Å². The molecule has 0 amide bonds. The lowest BCUT2D eigenvalue weighted by atomic mass is 9.76. The van der Waals surface area contributed by atoms with Crippen molar-refractivity contribution in [2.75, 3.05) is 0 Å². The highest BCUT2D eigenvalue weighted by Gasteiger charge is 2.37. The number of aryl methyl sites for hydroxylation is 1. The van der Waals surface area contributed by atoms with Gasteiger partial charge in [0.25, 0.3) is 0 Å². The highest BCUT2D eigenvalue weighted by molar-refractivity contribution is 6.13. The Hall–Kier alpha value is -7.42. The fourth-order valence-corrected chi connectivity index (χ4v) is 11.1. The first-order valence-corrected chi connectivity index (χ1v) is 22.9. The fraction of sp³-hybridized carbons (Fsp3) is 0.129. The fourth-order valence-electron chi connectivity index (χ4n) is 11.1. The zero-order valence-electron chi connectivity index (χ0n) is 36.5. The topological polar surface area (TPSA) is 18.1 Å². The summed E-state index contributed by atoms with van der Waals surface area (Å²) >= 11 is 0. The lowest BCUT2D eigenvalue weighted by Crippen LogP contribution is -2.15. The lowest BCUT2D eigenvalue weighted by Gasteiger charge is -2.29. The van der Waals surface area contributed by atoms with E-state index >= 15 is 0 Å². The highest BCUT2D eigenvalue weighted by atomic mass is 16.3. The minimum absolute atomic E-state index is 0.195. The zero-order valence-corrected chi connectivity index (χ0v) is 36.5. The van der Waals surface area contributed by atoms with E-state index in [9.17, 15) is 0 Å². The predicted octanol–water partition coefficient (Wildman–Crippen LogP) is 17.2. The molecular weight excluding hydrogens is 775 g/mol. The summed E-state index contributed by atoms with van der Waals surface area (Å²) in [7, 11) is 0. The average molecular weight is 822 g/mol. The summed E-state index contributed by atoms with van der Waals surface area (Å²) in [6.45, 7) is 7.07. The molecule has 0 N–H and O–H groups in total. The SMILES string of the molecule is Cc1ccc(-c2ccccc2)cc1-c1cc(-c2ccc3c(c2)c2cc4c(cc2n3-c2ccccc2)C(C)(C)c2cc(-c3ccc5oc6ccccc6c5c3)ccc2-4)ccc1C1CCC1. The third-order valence-corrected chi connectivity index (χ3v) is 14.9. The van der Waals surface area contributed by atoms with Crippen molar-refractivity contribution in [1.82, 2.24) is 4.57 Å². The highest BCUT2D eigenvalue weighted by Crippen LogP contribution is 2.53. The van der Waals surface area contributed by atoms with E-state index < -0.39 is 0 Å². The van der Waals surface area contributed by atoms with Gasteiger partial charge in [-0.15, -0.1) is 0 Å². The van der Waals surface area contributed by atoms with E-state index in [0.29, 0.717) is 5.92 Å². The van der Waals surface area contributed by atoms with Gasteiger partial charge in [0.05, 0.1) is 11.0 Å². The first-order valence-electron chi connectivity index (χ1n) is 22.9. The summed E-state index contributed by atoms with van der Waals surface area (Å²) in [5, 5.41) is 4.87. The summed E-state index contributed by atoms with van der Waals surface area (Å²) in [6, 6.07) is 70.2. The Morgan fingerprint density at radius 3 is 1.86 bits per heavy atom. The Morgan fingerprint density at radius 1 is 0.438 bits per heavy atom. The zero-order chi connectivity index (χ0) is 42.7. The maximum atomic E-state index is 6.19. The van der Waals surface area contributed by atoms with Crippen molar-refractivity contribution >= 4 is 43.7 Å². The van der Waals surface area contributed by atoms with Crippen LogP contribution in [0.15, 0.2) is 192 Å². The van der Waals surface area contributed by atoms with Crippen LogP contribution in [0.5, 0.6) is 0 Å². The van der Waals surface area contributed by atoms with Crippen molar-refractivity contribution in [2.24, 2.45) is 0 Å². The van der Waals surface area contributed by atoms with Crippen LogP contribution in [0.25, 0.3) is 105 Å². The van der Waals surface area contributed by atoms with Gasteiger partial charge in [0.15, 0.2) is 0 Å². The Labute approximate surface area is 374 Å². The number of aromatic nitrogens is 1. The molecule has 9 aromatic carbocycles. The van der Waals surface area contributed by atoms with E-state index in [1.54, 1.807) is 0 Å². The van der Waals surface area contributed by atoms with Crippen LogP contribution in [0.4, 0.5) is 0 Å². The Morgan fingerprint density at radius 2 is 1.05 bits per heavy atom. The number of rotatable bonds is 6. The number of hydrogen-bond donors (Lipinski definition) is 0. The van der Waals surface area contributed by atoms with Gasteiger partial charge in [-0.2, -0.15) is 0 Å². The second-order valence-corrected chi connectivity index (χ2v) is 18.8. The minimum atomic E-state index is -0.195. The lowest BCUT2D eigenvalue weighted by molar-refractivity contribution is 0.420. The maximum absolute atomic E-state index is 6.19. The van der Waals surface area contributed by atoms with Gasteiger partial charge in [-0.1, -0.05) is 136 Å². The van der Waals surface area contributed by atoms with E-state index in [1.807, 2.05) is 6.07 Å². The predicted molar refractivity (Wildman–Crippen MR) is 269 cm³/mol. The molecule has 11 aromatic rings. The quantitative estimate of drug-likeness (QED) is 0.163. The molecule has 0 bridgehead atoms. The van der Waals surface area contributed by atoms with Crippen LogP contribution in [0, 0.1) is 6.92 Å². The van der Waals surface area contributed by atoms with E-state index in [-0.39, 0.29) is 5.41 Å². The van der Waals surface area contributed by atoms with Gasteiger partial charge in [0, 0.05) is 32.6 Å². The van der Waals surface area contributed by atoms with E-state index in [2.05, 4.69) is 207 Å². The largest absolute Gasteiger partial charge is 0.456 e. The first-order chi connectivity index (χ1) is 31.4. The molecule has 2 aliphatic carbocycles. The summed E-state index contributed by atoms with van der Waals surface area (Å²) in [4.78, 5) is 0. The molecule has 2 heteroatoms. The van der Waals surface area contributed by atoms with Gasteiger partial charge in [-0.05, 0) is 176 Å². The molecule has 2 nitrogen and oxygen atoms in total. The number of furan rings is 1. The van der Waals surface area contributed by atoms with E-state index in [0.717, 1.165) is 21.9 Å². The molecule has 306 valence electrons. The van der Waals surface area contributed by atoms with Crippen LogP contribution in [0.2, 0.25) is 0 Å². The van der Waals surface area contributed by atoms with Crippen molar-refractivity contribution < 1.29 is 4.42 Å². The summed E-state index contributed by atoms with van der Waals surface area (Å²) in [5.74, 6) is 0.612. The summed E-state index contributed by atoms with van der Waals surface area (Å²) < 4.78 is 8.67. The van der Waals surface area contributed by atoms with Crippen molar-refractivity contribution in [1.29, 1.82) is 0 Å². The van der Waals surface area contributed by atoms with Crippen LogP contribution in [0.1, 0.15) is 61.3 Å². The van der Waals surface area contributed by atoms with E-state index in [1.165, 1.54) is 125 Å². The monoisotopic (exact) mass is 821 g/mol. The Bertz CT molecular complexity index is 3670. The van der Waals surface area contributed by atoms with Crippen LogP contribution in [0.3, 0.4) is 0 Å². The van der Waals surface area contributed by atoms with Crippen molar-refractivity contribution in [3.63, 3.8) is 0 Å². The van der Waals surface area contributed by atoms with Crippen LogP contribution >= 0.6 is 0 Å². The molecule has 64 heavy (non-hydrogen) atoms. The third-order valence-electron chi connectivity index (χ3n) is 14.9. The molecule has 13 rings (SSSR count). The van der Waals surface area contributed by atoms with Gasteiger partial charge in [-0.25, -0.2) is 0 Å². The molecule has 1 fully saturated rings. The van der Waals surface area contributed by atoms with E-state index in [4.69, 9.17) is 4.42 Å². The minimum Gasteiger partial charge on any atom is -0.456 e. The van der Waals surface area contributed by atoms with Crippen LogP contribution in [-0.2, 0) is 5.41 Å². The van der Waals surface area contributed by atoms with Gasteiger partial charge in [0.1, 0.15) is 11.2 Å². The number of benzene rings is 9. The number of hydrogen-bond acceptors (Lipinski definition) is 1. The average Bonchev–Trinajstić information content (AvgIpc) is 3.92. The molecule has 2 aromatic heterocycles. The second kappa shape index (κ2) is 14.0. The van der Waals surface area contributed by atoms with Crippen LogP contribution in [-0.4, -0.2) is 4.57 Å². The number of nitrogens with zero attached hydrogens (tertiary/aromatic N) is 1. The molecule has 2 aliphatic rings. The first kappa shape index (κ1) is 37.2. The molecule has 1 saturated carbocycles. The van der Waals surface area contributed by atoms with Crippen molar-refractivity contribution in [2.45, 2.75) is 51.4 Å². The standard InChI is InChI=1S/C62H47NO/c1-38-21-22-41(39-13-6-4-7-14-39)31-50(38)51-32-42(23-27-47(51)40-15-12-16-40)43-25-29-58-53(33-43)54-36-52-48-28-24-45(44-26-30-61-55(34-44)49-19-10-11-20-60(49)64-61)35-56(48)62(2,3)57(52)37-59(54)63(58)46-17-8-5-9-18-46/h4-11,13-14,17-37,40H,12,15-16H2,1-3H3. The second-order valence-electron chi connectivity index (χ2n) is 18.8. The van der Waals surface area contributed by atoms with Gasteiger partial charge >= 0.3 is 0 Å². The van der Waals surface area contributed by atoms with Gasteiger partial charge in [-0.3, -0.25) is 0 Å². The maximum Gasteiger partial charge on any atom is 0.135 e. The summed E-state index contributed by atoms with van der Waals surface area (Å²) in [5.41, 5.74) is 23.6. The molecular formula is C62H47NO. The van der Waals surface area contributed by atoms with Crippen LogP contribution < -0.4 is 0 Å². The number of para-hydroxylation sites is 2. The molecule has 0 radical (unpaired) electrons. The summed E-state index contributed by atoms with van der Waals surface area (Å²) in [6.07, 6.45) is 3.83. The molecule has 0 saturated heterocycles. The van der Waals surface area contributed by atoms with Crippen molar-refractivity contribution in [3.8, 4) is 61.3 Å². The molecule has 0 atom stereocenters. The van der Waals surface area contributed by atoms with Gasteiger partial charge in [0.2, 0.25) is 0 Å². The number of fused-ring (bicyclic) bond motifs is 9.